The van der Waals surface area contributed by atoms with Crippen molar-refractivity contribution < 1.29 is 24.0 Å². The van der Waals surface area contributed by atoms with Gasteiger partial charge in [-0.05, 0) is 32.0 Å². The van der Waals surface area contributed by atoms with E-state index >= 15 is 0 Å². The number of carbonyl (C=O) groups is 3. The van der Waals surface area contributed by atoms with Crippen LogP contribution in [0.3, 0.4) is 0 Å². The number of hydrogen-bond acceptors (Lipinski definition) is 6. The summed E-state index contributed by atoms with van der Waals surface area (Å²) in [4.78, 5) is 53.2. The Labute approximate surface area is 178 Å². The Morgan fingerprint density at radius 1 is 1.16 bits per heavy atom. The Balaban J connectivity index is 1.76. The number of nitrogens with zero attached hydrogens (tertiary/aromatic N) is 3. The van der Waals surface area contributed by atoms with Gasteiger partial charge in [-0.15, -0.1) is 0 Å². The molecule has 2 heterocycles. The number of para-hydroxylation sites is 2. The Morgan fingerprint density at radius 2 is 1.84 bits per heavy atom. The molecule has 1 saturated heterocycles. The molecule has 0 radical (unpaired) electrons. The van der Waals surface area contributed by atoms with Gasteiger partial charge in [0.1, 0.15) is 6.61 Å². The summed E-state index contributed by atoms with van der Waals surface area (Å²) < 4.78 is 5.52. The highest BCUT2D eigenvalue weighted by atomic mass is 16.6. The van der Waals surface area contributed by atoms with Gasteiger partial charge in [-0.3, -0.25) is 24.6 Å². The van der Waals surface area contributed by atoms with Crippen LogP contribution in [0.15, 0.2) is 48.5 Å². The van der Waals surface area contributed by atoms with Gasteiger partial charge in [-0.25, -0.2) is 4.79 Å². The molecule has 0 aliphatic carbocycles. The molecule has 9 heteroatoms. The molecule has 0 spiro atoms. The number of fused-ring (bicyclic) bond motifs is 3. The lowest BCUT2D eigenvalue weighted by Gasteiger charge is -2.50. The Bertz CT molecular complexity index is 1100. The van der Waals surface area contributed by atoms with Crippen molar-refractivity contribution in [2.24, 2.45) is 0 Å². The van der Waals surface area contributed by atoms with Gasteiger partial charge in [0.25, 0.3) is 11.6 Å². The minimum Gasteiger partial charge on any atom is -0.457 e. The molecular weight excluding hydrogens is 402 g/mol. The zero-order valence-corrected chi connectivity index (χ0v) is 17.1. The number of benzene rings is 2. The van der Waals surface area contributed by atoms with Crippen LogP contribution in [0.25, 0.3) is 0 Å². The molecule has 0 aromatic heterocycles. The molecule has 2 aromatic carbocycles. The van der Waals surface area contributed by atoms with Crippen LogP contribution in [0, 0.1) is 10.1 Å². The van der Waals surface area contributed by atoms with Crippen molar-refractivity contribution in [3.63, 3.8) is 0 Å². The monoisotopic (exact) mass is 423 g/mol. The van der Waals surface area contributed by atoms with E-state index in [4.69, 9.17) is 4.74 Å². The van der Waals surface area contributed by atoms with Gasteiger partial charge in [-0.1, -0.05) is 24.3 Å². The van der Waals surface area contributed by atoms with Gasteiger partial charge in [0, 0.05) is 24.9 Å². The van der Waals surface area contributed by atoms with E-state index < -0.39 is 22.6 Å². The molecule has 0 N–H and O–H groups in total. The molecule has 0 unspecified atom stereocenters. The fourth-order valence-corrected chi connectivity index (χ4v) is 4.44. The van der Waals surface area contributed by atoms with Crippen LogP contribution >= 0.6 is 0 Å². The van der Waals surface area contributed by atoms with Gasteiger partial charge in [-0.2, -0.15) is 0 Å². The van der Waals surface area contributed by atoms with Gasteiger partial charge in [0.05, 0.1) is 21.7 Å². The van der Waals surface area contributed by atoms with Gasteiger partial charge < -0.3 is 9.64 Å². The van der Waals surface area contributed by atoms with E-state index in [1.807, 2.05) is 0 Å². The maximum atomic E-state index is 13.5. The summed E-state index contributed by atoms with van der Waals surface area (Å²) in [6.45, 7) is 3.19. The zero-order valence-electron chi connectivity index (χ0n) is 17.1. The highest BCUT2D eigenvalue weighted by Gasteiger charge is 2.62. The summed E-state index contributed by atoms with van der Waals surface area (Å²) in [5, 5.41) is 11.3. The lowest BCUT2D eigenvalue weighted by atomic mass is 9.95. The summed E-state index contributed by atoms with van der Waals surface area (Å²) in [5.41, 5.74) is -0.854. The first-order valence-corrected chi connectivity index (χ1v) is 9.94. The quantitative estimate of drug-likeness (QED) is 0.415. The molecule has 31 heavy (non-hydrogen) atoms. The van der Waals surface area contributed by atoms with E-state index in [0.717, 1.165) is 0 Å². The normalized spacial score (nSPS) is 20.0. The molecule has 0 saturated carbocycles. The third-order valence-electron chi connectivity index (χ3n) is 5.69. The lowest BCUT2D eigenvalue weighted by molar-refractivity contribution is -0.385. The summed E-state index contributed by atoms with van der Waals surface area (Å²) in [5.74, 6) is -1.43. The van der Waals surface area contributed by atoms with E-state index in [1.54, 1.807) is 44.2 Å². The van der Waals surface area contributed by atoms with Crippen LogP contribution in [0.2, 0.25) is 0 Å². The van der Waals surface area contributed by atoms with Crippen molar-refractivity contribution in [2.75, 3.05) is 4.90 Å². The number of amides is 2. The summed E-state index contributed by atoms with van der Waals surface area (Å²) >= 11 is 0. The summed E-state index contributed by atoms with van der Waals surface area (Å²) in [7, 11) is 0. The number of nitro groups is 1. The summed E-state index contributed by atoms with van der Waals surface area (Å²) in [6, 6.07) is 12.2. The van der Waals surface area contributed by atoms with Gasteiger partial charge in [0.15, 0.2) is 0 Å². The molecule has 9 nitrogen and oxygen atoms in total. The molecule has 2 aliphatic heterocycles. The van der Waals surface area contributed by atoms with E-state index in [0.29, 0.717) is 11.3 Å². The first-order chi connectivity index (χ1) is 14.8. The number of carbonyl (C=O) groups excluding carboxylic acids is 3. The van der Waals surface area contributed by atoms with E-state index in [2.05, 4.69) is 0 Å². The van der Waals surface area contributed by atoms with Gasteiger partial charge in [0.2, 0.25) is 11.6 Å². The Kier molecular flexibility index (Phi) is 4.96. The number of esters is 1. The van der Waals surface area contributed by atoms with Crippen molar-refractivity contribution in [3.8, 4) is 0 Å². The fourth-order valence-electron chi connectivity index (χ4n) is 4.44. The van der Waals surface area contributed by atoms with Crippen LogP contribution in [-0.2, 0) is 20.9 Å². The highest BCUT2D eigenvalue weighted by molar-refractivity contribution is 6.15. The van der Waals surface area contributed by atoms with E-state index in [9.17, 15) is 24.5 Å². The first kappa shape index (κ1) is 20.5. The van der Waals surface area contributed by atoms with Crippen LogP contribution in [-0.4, -0.2) is 39.3 Å². The van der Waals surface area contributed by atoms with Crippen molar-refractivity contribution in [1.82, 2.24) is 4.90 Å². The largest absolute Gasteiger partial charge is 0.457 e. The predicted octanol–water partition coefficient (Wildman–Crippen LogP) is 3.03. The minimum atomic E-state index is -1.62. The topological polar surface area (TPSA) is 110 Å². The van der Waals surface area contributed by atoms with E-state index in [1.165, 1.54) is 28.0 Å². The van der Waals surface area contributed by atoms with E-state index in [-0.39, 0.29) is 42.5 Å². The molecule has 1 fully saturated rings. The fraction of sp³-hybridized carbons (Fsp3) is 0.318. The predicted molar refractivity (Wildman–Crippen MR) is 110 cm³/mol. The Hall–Kier alpha value is -3.75. The number of hydrogen-bond donors (Lipinski definition) is 0. The molecule has 0 bridgehead atoms. The standard InChI is InChI=1S/C22H21N3O6/c1-14(2)23-20(27)16-8-4-6-10-18(16)24-19(26)11-12-22(23,24)21(28)31-13-15-7-3-5-9-17(15)25(29)30/h3-10,14H,11-13H2,1-2H3/t22-/m1/s1. The molecular formula is C22H21N3O6. The smallest absolute Gasteiger partial charge is 0.354 e. The lowest BCUT2D eigenvalue weighted by Crippen LogP contribution is -2.70. The number of rotatable bonds is 5. The second-order valence-corrected chi connectivity index (χ2v) is 7.79. The third-order valence-corrected chi connectivity index (χ3v) is 5.69. The second-order valence-electron chi connectivity index (χ2n) is 7.79. The van der Waals surface area contributed by atoms with Crippen LogP contribution in [0.5, 0.6) is 0 Å². The minimum absolute atomic E-state index is 0.0748. The van der Waals surface area contributed by atoms with Crippen molar-refractivity contribution in [3.05, 3.63) is 69.8 Å². The molecule has 2 aromatic rings. The Morgan fingerprint density at radius 3 is 2.55 bits per heavy atom. The average Bonchev–Trinajstić information content (AvgIpc) is 3.10. The molecule has 4 rings (SSSR count). The third kappa shape index (κ3) is 3.04. The van der Waals surface area contributed by atoms with Crippen molar-refractivity contribution in [1.29, 1.82) is 0 Å². The van der Waals surface area contributed by atoms with Crippen molar-refractivity contribution in [2.45, 2.75) is 45.0 Å². The second kappa shape index (κ2) is 7.50. The molecule has 160 valence electrons. The number of ether oxygens (including phenoxy) is 1. The van der Waals surface area contributed by atoms with Crippen LogP contribution in [0.1, 0.15) is 42.6 Å². The van der Waals surface area contributed by atoms with Crippen LogP contribution < -0.4 is 4.90 Å². The van der Waals surface area contributed by atoms with Crippen molar-refractivity contribution >= 4 is 29.2 Å². The first-order valence-electron chi connectivity index (χ1n) is 9.94. The molecule has 2 amide bonds. The van der Waals surface area contributed by atoms with Gasteiger partial charge >= 0.3 is 5.97 Å². The summed E-state index contributed by atoms with van der Waals surface area (Å²) in [6.07, 6.45) is 0.158. The average molecular weight is 423 g/mol. The maximum Gasteiger partial charge on any atom is 0.354 e. The molecule has 1 atom stereocenters. The number of nitro benzene ring substituents is 1. The maximum absolute atomic E-state index is 13.5. The SMILES string of the molecule is CC(C)N1C(=O)c2ccccc2N2C(=O)CC[C@]21C(=O)OCc1ccccc1[N+](=O)[O-]. The highest BCUT2D eigenvalue weighted by Crippen LogP contribution is 2.46. The number of anilines is 1. The van der Waals surface area contributed by atoms with Crippen LogP contribution in [0.4, 0.5) is 11.4 Å². The molecule has 2 aliphatic rings. The zero-order chi connectivity index (χ0) is 22.3.